The van der Waals surface area contributed by atoms with E-state index in [4.69, 9.17) is 15.7 Å². The summed E-state index contributed by atoms with van der Waals surface area (Å²) < 4.78 is 1.50. The van der Waals surface area contributed by atoms with Crippen molar-refractivity contribution in [3.8, 4) is 5.95 Å². The van der Waals surface area contributed by atoms with Gasteiger partial charge in [-0.25, -0.2) is 4.98 Å². The SMILES string of the molecule is NC(=O)c1cccc2c1nnn2-c1nc2c(c(NCc3cccc(B(O)O)c3)n1)CNCC2. The molecule has 0 unspecified atom stereocenters. The minimum absolute atomic E-state index is 0.283. The molecule has 3 heterocycles. The van der Waals surface area contributed by atoms with Gasteiger partial charge in [-0.1, -0.05) is 35.5 Å². The van der Waals surface area contributed by atoms with Crippen LogP contribution in [0.1, 0.15) is 27.2 Å². The van der Waals surface area contributed by atoms with E-state index < -0.39 is 13.0 Å². The van der Waals surface area contributed by atoms with E-state index in [2.05, 4.69) is 20.9 Å². The Hall–Kier alpha value is -3.87. The molecule has 11 nitrogen and oxygen atoms in total. The number of rotatable bonds is 6. The van der Waals surface area contributed by atoms with Crippen molar-refractivity contribution in [3.63, 3.8) is 0 Å². The van der Waals surface area contributed by atoms with Crippen LogP contribution < -0.4 is 21.8 Å². The van der Waals surface area contributed by atoms with Crippen LogP contribution in [0.25, 0.3) is 17.0 Å². The Morgan fingerprint density at radius 1 is 1.21 bits per heavy atom. The summed E-state index contributed by atoms with van der Waals surface area (Å²) in [4.78, 5) is 21.2. The maximum Gasteiger partial charge on any atom is 0.488 e. The number of nitrogens with zero attached hydrogens (tertiary/aromatic N) is 5. The number of aromatic nitrogens is 5. The van der Waals surface area contributed by atoms with Crippen LogP contribution >= 0.6 is 0 Å². The molecule has 0 bridgehead atoms. The van der Waals surface area contributed by atoms with Gasteiger partial charge >= 0.3 is 7.12 Å². The lowest BCUT2D eigenvalue weighted by Crippen LogP contribution is -2.30. The van der Waals surface area contributed by atoms with E-state index in [1.54, 1.807) is 36.4 Å². The van der Waals surface area contributed by atoms with E-state index in [9.17, 15) is 14.8 Å². The van der Waals surface area contributed by atoms with Crippen LogP contribution in [0.15, 0.2) is 42.5 Å². The third kappa shape index (κ3) is 4.02. The number of amides is 1. The number of hydrogen-bond acceptors (Lipinski definition) is 9. The lowest BCUT2D eigenvalue weighted by atomic mass is 9.79. The smallest absolute Gasteiger partial charge is 0.423 e. The fourth-order valence-corrected chi connectivity index (χ4v) is 3.91. The van der Waals surface area contributed by atoms with E-state index in [1.807, 2.05) is 6.07 Å². The predicted molar refractivity (Wildman–Crippen MR) is 122 cm³/mol. The molecule has 6 N–H and O–H groups in total. The van der Waals surface area contributed by atoms with Gasteiger partial charge < -0.3 is 26.4 Å². The molecule has 0 radical (unpaired) electrons. The maximum absolute atomic E-state index is 11.8. The van der Waals surface area contributed by atoms with Crippen LogP contribution in [-0.4, -0.2) is 54.6 Å². The first-order valence-corrected chi connectivity index (χ1v) is 10.4. The Labute approximate surface area is 188 Å². The second kappa shape index (κ2) is 8.58. The van der Waals surface area contributed by atoms with E-state index in [0.717, 1.165) is 29.8 Å². The first-order chi connectivity index (χ1) is 16.0. The highest BCUT2D eigenvalue weighted by atomic mass is 16.4. The molecule has 5 rings (SSSR count). The summed E-state index contributed by atoms with van der Waals surface area (Å²) in [5.41, 5.74) is 9.87. The van der Waals surface area contributed by atoms with Crippen molar-refractivity contribution in [2.45, 2.75) is 19.5 Å². The lowest BCUT2D eigenvalue weighted by molar-refractivity contribution is 0.100. The van der Waals surface area contributed by atoms with E-state index in [-0.39, 0.29) is 5.56 Å². The first kappa shape index (κ1) is 21.0. The molecule has 0 saturated carbocycles. The van der Waals surface area contributed by atoms with Crippen LogP contribution in [0.5, 0.6) is 0 Å². The molecule has 12 heteroatoms. The lowest BCUT2D eigenvalue weighted by Gasteiger charge is -2.20. The summed E-state index contributed by atoms with van der Waals surface area (Å²) in [7, 11) is -1.53. The molecule has 0 spiro atoms. The molecular weight excluding hydrogens is 423 g/mol. The van der Waals surface area contributed by atoms with Gasteiger partial charge in [0.05, 0.1) is 16.8 Å². The van der Waals surface area contributed by atoms with Crippen LogP contribution in [-0.2, 0) is 19.5 Å². The Balaban J connectivity index is 1.54. The average molecular weight is 444 g/mol. The highest BCUT2D eigenvalue weighted by molar-refractivity contribution is 6.58. The standard InChI is InChI=1S/C21H21BN8O3/c23-19(31)14-5-2-6-17-18(14)28-29-30(17)21-26-16-7-8-24-11-15(16)20(27-21)25-10-12-3-1-4-13(9-12)22(32)33/h1-6,9,24,32-33H,7-8,10-11H2,(H2,23,31)(H,25,26,27). The van der Waals surface area contributed by atoms with Crippen molar-refractivity contribution < 1.29 is 14.8 Å². The van der Waals surface area contributed by atoms with Gasteiger partial charge in [0, 0.05) is 31.6 Å². The first-order valence-electron chi connectivity index (χ1n) is 10.4. The monoisotopic (exact) mass is 444 g/mol. The Kier molecular flexibility index (Phi) is 5.46. The van der Waals surface area contributed by atoms with Crippen molar-refractivity contribution in [2.24, 2.45) is 5.73 Å². The zero-order valence-corrected chi connectivity index (χ0v) is 17.6. The van der Waals surface area contributed by atoms with Crippen LogP contribution in [0.4, 0.5) is 5.82 Å². The van der Waals surface area contributed by atoms with Gasteiger partial charge in [-0.3, -0.25) is 4.79 Å². The van der Waals surface area contributed by atoms with Gasteiger partial charge in [-0.15, -0.1) is 5.10 Å². The highest BCUT2D eigenvalue weighted by Crippen LogP contribution is 2.24. The average Bonchev–Trinajstić information content (AvgIpc) is 3.26. The Morgan fingerprint density at radius 2 is 2.06 bits per heavy atom. The summed E-state index contributed by atoms with van der Waals surface area (Å²) in [6.45, 7) is 1.84. The number of carbonyl (C=O) groups is 1. The van der Waals surface area contributed by atoms with E-state index in [1.165, 1.54) is 4.68 Å². The van der Waals surface area contributed by atoms with Gasteiger partial charge in [0.2, 0.25) is 0 Å². The fourth-order valence-electron chi connectivity index (χ4n) is 3.91. The van der Waals surface area contributed by atoms with E-state index in [0.29, 0.717) is 41.4 Å². The normalized spacial score (nSPS) is 13.0. The third-order valence-electron chi connectivity index (χ3n) is 5.56. The van der Waals surface area contributed by atoms with Crippen LogP contribution in [0.3, 0.4) is 0 Å². The van der Waals surface area contributed by atoms with Gasteiger partial charge in [-0.05, 0) is 23.2 Å². The second-order valence-corrected chi connectivity index (χ2v) is 7.74. The van der Waals surface area contributed by atoms with Crippen molar-refractivity contribution in [2.75, 3.05) is 11.9 Å². The van der Waals surface area contributed by atoms with Crippen molar-refractivity contribution in [3.05, 3.63) is 64.8 Å². The van der Waals surface area contributed by atoms with Crippen LogP contribution in [0, 0.1) is 0 Å². The fraction of sp³-hybridized carbons (Fsp3) is 0.190. The highest BCUT2D eigenvalue weighted by Gasteiger charge is 2.21. The van der Waals surface area contributed by atoms with Gasteiger partial charge in [-0.2, -0.15) is 9.67 Å². The molecule has 0 atom stereocenters. The second-order valence-electron chi connectivity index (χ2n) is 7.74. The van der Waals surface area contributed by atoms with E-state index >= 15 is 0 Å². The van der Waals surface area contributed by atoms with Crippen molar-refractivity contribution in [1.29, 1.82) is 0 Å². The molecule has 33 heavy (non-hydrogen) atoms. The molecular formula is C21H21BN8O3. The topological polar surface area (TPSA) is 164 Å². The van der Waals surface area contributed by atoms with Gasteiger partial charge in [0.15, 0.2) is 0 Å². The summed E-state index contributed by atoms with van der Waals surface area (Å²) in [5.74, 6) is 0.399. The molecule has 1 amide bonds. The van der Waals surface area contributed by atoms with Crippen molar-refractivity contribution >= 4 is 35.3 Å². The number of nitrogens with one attached hydrogen (secondary N) is 2. The molecule has 0 fully saturated rings. The molecule has 0 saturated heterocycles. The summed E-state index contributed by atoms with van der Waals surface area (Å²) in [6.07, 6.45) is 0.727. The summed E-state index contributed by atoms with van der Waals surface area (Å²) in [5, 5.41) is 33.9. The molecule has 2 aromatic carbocycles. The number of benzene rings is 2. The number of fused-ring (bicyclic) bond motifs is 2. The largest absolute Gasteiger partial charge is 0.488 e. The van der Waals surface area contributed by atoms with Crippen molar-refractivity contribution in [1.82, 2.24) is 30.3 Å². The van der Waals surface area contributed by atoms with Gasteiger partial charge in [0.25, 0.3) is 11.9 Å². The number of hydrogen-bond donors (Lipinski definition) is 5. The molecule has 0 aliphatic carbocycles. The Morgan fingerprint density at radius 3 is 2.88 bits per heavy atom. The number of anilines is 1. The third-order valence-corrected chi connectivity index (χ3v) is 5.56. The van der Waals surface area contributed by atoms with Gasteiger partial charge in [0.1, 0.15) is 11.3 Å². The molecule has 4 aromatic rings. The minimum Gasteiger partial charge on any atom is -0.423 e. The number of nitrogens with two attached hydrogens (primary N) is 1. The molecule has 1 aliphatic heterocycles. The van der Waals surface area contributed by atoms with Crippen LogP contribution in [0.2, 0.25) is 0 Å². The summed E-state index contributed by atoms with van der Waals surface area (Å²) in [6, 6.07) is 12.1. The predicted octanol–water partition coefficient (Wildman–Crippen LogP) is -0.753. The summed E-state index contributed by atoms with van der Waals surface area (Å²) >= 11 is 0. The zero-order valence-electron chi connectivity index (χ0n) is 17.6. The quantitative estimate of drug-likeness (QED) is 0.241. The Bertz CT molecular complexity index is 1360. The minimum atomic E-state index is -1.53. The maximum atomic E-state index is 11.8. The molecule has 2 aromatic heterocycles. The number of carbonyl (C=O) groups excluding carboxylic acids is 1. The number of primary amides is 1. The molecule has 1 aliphatic rings. The molecule has 166 valence electrons. The zero-order chi connectivity index (χ0) is 22.9.